The number of piperazine rings is 1. The molecule has 0 N–H and O–H groups in total. The fourth-order valence-electron chi connectivity index (χ4n) is 2.64. The van der Waals surface area contributed by atoms with Gasteiger partial charge in [0.1, 0.15) is 0 Å². The predicted molar refractivity (Wildman–Crippen MR) is 83.7 cm³/mol. The van der Waals surface area contributed by atoms with Gasteiger partial charge in [-0.05, 0) is 12.1 Å². The number of hydrogen-bond acceptors (Lipinski definition) is 4. The number of hydrogen-bond donors (Lipinski definition) is 0. The molecule has 4 nitrogen and oxygen atoms in total. The van der Waals surface area contributed by atoms with Crippen molar-refractivity contribution < 1.29 is 4.79 Å². The molecule has 2 heterocycles. The molecule has 1 aromatic heterocycles. The van der Waals surface area contributed by atoms with E-state index in [-0.39, 0.29) is 5.78 Å². The minimum absolute atomic E-state index is 0.202. The third-order valence-corrected chi connectivity index (χ3v) is 3.86. The monoisotopic (exact) mass is 281 g/mol. The molecular formula is C17H19N3O. The van der Waals surface area contributed by atoms with Crippen molar-refractivity contribution >= 4 is 11.5 Å². The maximum atomic E-state index is 12.2. The van der Waals surface area contributed by atoms with Gasteiger partial charge in [-0.2, -0.15) is 0 Å². The maximum Gasteiger partial charge on any atom is 0.176 e. The zero-order chi connectivity index (χ0) is 14.5. The zero-order valence-electron chi connectivity index (χ0n) is 12.0. The molecule has 0 spiro atoms. The van der Waals surface area contributed by atoms with Crippen molar-refractivity contribution in [1.29, 1.82) is 0 Å². The fraction of sp³-hybridized carbons (Fsp3) is 0.294. The summed E-state index contributed by atoms with van der Waals surface area (Å²) in [7, 11) is 0. The Bertz CT molecular complexity index is 577. The molecule has 0 amide bonds. The largest absolute Gasteiger partial charge is 0.369 e. The van der Waals surface area contributed by atoms with Gasteiger partial charge in [0.15, 0.2) is 5.78 Å². The SMILES string of the molecule is O=C(CN1CCN(c2ccncc2)CC1)c1ccccc1. The molecular weight excluding hydrogens is 262 g/mol. The van der Waals surface area contributed by atoms with Crippen LogP contribution >= 0.6 is 0 Å². The Morgan fingerprint density at radius 1 is 0.952 bits per heavy atom. The first kappa shape index (κ1) is 13.8. The molecule has 2 aromatic rings. The summed E-state index contributed by atoms with van der Waals surface area (Å²) in [5.74, 6) is 0.202. The van der Waals surface area contributed by atoms with Crippen LogP contribution in [0.4, 0.5) is 5.69 Å². The predicted octanol–water partition coefficient (Wildman–Crippen LogP) is 2.09. The first-order valence-corrected chi connectivity index (χ1v) is 7.28. The highest BCUT2D eigenvalue weighted by atomic mass is 16.1. The molecule has 108 valence electrons. The topological polar surface area (TPSA) is 36.4 Å². The molecule has 21 heavy (non-hydrogen) atoms. The highest BCUT2D eigenvalue weighted by molar-refractivity contribution is 5.97. The van der Waals surface area contributed by atoms with Crippen LogP contribution in [0.15, 0.2) is 54.9 Å². The van der Waals surface area contributed by atoms with E-state index < -0.39 is 0 Å². The molecule has 0 saturated carbocycles. The number of carbonyl (C=O) groups excluding carboxylic acids is 1. The number of benzene rings is 1. The highest BCUT2D eigenvalue weighted by Gasteiger charge is 2.19. The number of pyridine rings is 1. The van der Waals surface area contributed by atoms with Gasteiger partial charge in [0.05, 0.1) is 6.54 Å². The van der Waals surface area contributed by atoms with Gasteiger partial charge in [0, 0.05) is 49.8 Å². The average Bonchev–Trinajstić information content (AvgIpc) is 2.57. The number of aromatic nitrogens is 1. The molecule has 0 radical (unpaired) electrons. The van der Waals surface area contributed by atoms with E-state index in [0.717, 1.165) is 31.7 Å². The summed E-state index contributed by atoms with van der Waals surface area (Å²) in [5.41, 5.74) is 2.01. The fourth-order valence-corrected chi connectivity index (χ4v) is 2.64. The minimum atomic E-state index is 0.202. The molecule has 1 aliphatic heterocycles. The lowest BCUT2D eigenvalue weighted by atomic mass is 10.1. The molecule has 0 atom stereocenters. The smallest absolute Gasteiger partial charge is 0.176 e. The van der Waals surface area contributed by atoms with Crippen molar-refractivity contribution in [2.24, 2.45) is 0 Å². The number of Topliss-reactive ketones (excluding diaryl/α,β-unsaturated/α-hetero) is 1. The van der Waals surface area contributed by atoms with E-state index in [1.165, 1.54) is 5.69 Å². The van der Waals surface area contributed by atoms with E-state index in [0.29, 0.717) is 6.54 Å². The standard InChI is InChI=1S/C17H19N3O/c21-17(15-4-2-1-3-5-15)14-19-10-12-20(13-11-19)16-6-8-18-9-7-16/h1-9H,10-14H2. The summed E-state index contributed by atoms with van der Waals surface area (Å²) in [6.07, 6.45) is 3.64. The summed E-state index contributed by atoms with van der Waals surface area (Å²) >= 11 is 0. The molecule has 0 bridgehead atoms. The quantitative estimate of drug-likeness (QED) is 0.804. The molecule has 1 aliphatic rings. The van der Waals surface area contributed by atoms with E-state index >= 15 is 0 Å². The van der Waals surface area contributed by atoms with Crippen LogP contribution in [0.2, 0.25) is 0 Å². The van der Waals surface area contributed by atoms with E-state index in [1.807, 2.05) is 54.9 Å². The van der Waals surface area contributed by atoms with Crippen LogP contribution < -0.4 is 4.90 Å². The lowest BCUT2D eigenvalue weighted by Crippen LogP contribution is -2.48. The Hall–Kier alpha value is -2.20. The summed E-state index contributed by atoms with van der Waals surface area (Å²) in [6, 6.07) is 13.6. The van der Waals surface area contributed by atoms with Crippen LogP contribution in [0.25, 0.3) is 0 Å². The van der Waals surface area contributed by atoms with Crippen molar-refractivity contribution in [3.8, 4) is 0 Å². The number of anilines is 1. The van der Waals surface area contributed by atoms with Gasteiger partial charge in [-0.3, -0.25) is 14.7 Å². The van der Waals surface area contributed by atoms with Crippen LogP contribution in [-0.4, -0.2) is 48.4 Å². The van der Waals surface area contributed by atoms with Gasteiger partial charge in [-0.25, -0.2) is 0 Å². The first-order chi connectivity index (χ1) is 10.3. The summed E-state index contributed by atoms with van der Waals surface area (Å²) < 4.78 is 0. The van der Waals surface area contributed by atoms with E-state index in [4.69, 9.17) is 0 Å². The molecule has 1 saturated heterocycles. The average molecular weight is 281 g/mol. The summed E-state index contributed by atoms with van der Waals surface area (Å²) in [6.45, 7) is 4.24. The minimum Gasteiger partial charge on any atom is -0.369 e. The third kappa shape index (κ3) is 3.47. The van der Waals surface area contributed by atoms with Gasteiger partial charge in [-0.1, -0.05) is 30.3 Å². The second-order valence-corrected chi connectivity index (χ2v) is 5.26. The molecule has 4 heteroatoms. The van der Waals surface area contributed by atoms with E-state index in [1.54, 1.807) is 0 Å². The van der Waals surface area contributed by atoms with Gasteiger partial charge in [0.2, 0.25) is 0 Å². The Morgan fingerprint density at radius 3 is 2.29 bits per heavy atom. The summed E-state index contributed by atoms with van der Waals surface area (Å²) in [5, 5.41) is 0. The van der Waals surface area contributed by atoms with Crippen LogP contribution in [0.3, 0.4) is 0 Å². The van der Waals surface area contributed by atoms with Gasteiger partial charge >= 0.3 is 0 Å². The van der Waals surface area contributed by atoms with Gasteiger partial charge in [0.25, 0.3) is 0 Å². The molecule has 1 fully saturated rings. The Balaban J connectivity index is 1.53. The van der Waals surface area contributed by atoms with E-state index in [9.17, 15) is 4.79 Å². The first-order valence-electron chi connectivity index (χ1n) is 7.28. The number of ketones is 1. The van der Waals surface area contributed by atoms with Crippen molar-refractivity contribution in [3.05, 3.63) is 60.4 Å². The molecule has 3 rings (SSSR count). The van der Waals surface area contributed by atoms with Crippen LogP contribution in [0.1, 0.15) is 10.4 Å². The molecule has 0 unspecified atom stereocenters. The van der Waals surface area contributed by atoms with Crippen molar-refractivity contribution in [3.63, 3.8) is 0 Å². The number of carbonyl (C=O) groups is 1. The van der Waals surface area contributed by atoms with E-state index in [2.05, 4.69) is 14.8 Å². The van der Waals surface area contributed by atoms with Crippen LogP contribution in [0, 0.1) is 0 Å². The highest BCUT2D eigenvalue weighted by Crippen LogP contribution is 2.15. The summed E-state index contributed by atoms with van der Waals surface area (Å²) in [4.78, 5) is 20.8. The van der Waals surface area contributed by atoms with Crippen molar-refractivity contribution in [1.82, 2.24) is 9.88 Å². The van der Waals surface area contributed by atoms with Crippen molar-refractivity contribution in [2.45, 2.75) is 0 Å². The lowest BCUT2D eigenvalue weighted by molar-refractivity contribution is 0.0926. The molecule has 0 aliphatic carbocycles. The lowest BCUT2D eigenvalue weighted by Gasteiger charge is -2.35. The van der Waals surface area contributed by atoms with Crippen LogP contribution in [-0.2, 0) is 0 Å². The van der Waals surface area contributed by atoms with Gasteiger partial charge in [-0.15, -0.1) is 0 Å². The molecule has 1 aromatic carbocycles. The van der Waals surface area contributed by atoms with Crippen LogP contribution in [0.5, 0.6) is 0 Å². The zero-order valence-corrected chi connectivity index (χ0v) is 12.0. The number of nitrogens with zero attached hydrogens (tertiary/aromatic N) is 3. The second kappa shape index (κ2) is 6.50. The normalized spacial score (nSPS) is 15.9. The third-order valence-electron chi connectivity index (χ3n) is 3.86. The Labute approximate surface area is 125 Å². The Kier molecular flexibility index (Phi) is 4.26. The maximum absolute atomic E-state index is 12.2. The second-order valence-electron chi connectivity index (χ2n) is 5.26. The Morgan fingerprint density at radius 2 is 1.62 bits per heavy atom. The van der Waals surface area contributed by atoms with Gasteiger partial charge < -0.3 is 4.90 Å². The number of rotatable bonds is 4. The van der Waals surface area contributed by atoms with Crippen molar-refractivity contribution in [2.75, 3.05) is 37.6 Å².